The Labute approximate surface area is 122 Å². The van der Waals surface area contributed by atoms with Crippen LogP contribution in [-0.4, -0.2) is 42.5 Å². The molecule has 0 saturated carbocycles. The predicted octanol–water partition coefficient (Wildman–Crippen LogP) is 2.04. The quantitative estimate of drug-likeness (QED) is 0.671. The zero-order valence-corrected chi connectivity index (χ0v) is 13.1. The number of carbonyl (C=O) groups is 1. The number of ether oxygens (including phenoxy) is 1. The highest BCUT2D eigenvalue weighted by Crippen LogP contribution is 2.18. The highest BCUT2D eigenvalue weighted by atomic mass is 16.5. The number of amides is 2. The molecular formula is C15H30N2O3. The van der Waals surface area contributed by atoms with Gasteiger partial charge in [0.15, 0.2) is 0 Å². The van der Waals surface area contributed by atoms with Gasteiger partial charge in [0.1, 0.15) is 0 Å². The van der Waals surface area contributed by atoms with Crippen molar-refractivity contribution in [2.45, 2.75) is 64.6 Å². The molecular weight excluding hydrogens is 256 g/mol. The zero-order chi connectivity index (χ0) is 15.0. The lowest BCUT2D eigenvalue weighted by atomic mass is 9.89. The summed E-state index contributed by atoms with van der Waals surface area (Å²) in [6.07, 6.45) is 5.48. The molecule has 3 atom stereocenters. The molecule has 118 valence electrons. The van der Waals surface area contributed by atoms with Gasteiger partial charge in [-0.05, 0) is 38.5 Å². The normalized spacial score (nSPS) is 23.7. The van der Waals surface area contributed by atoms with Gasteiger partial charge in [-0.2, -0.15) is 0 Å². The lowest BCUT2D eigenvalue weighted by Crippen LogP contribution is -2.48. The van der Waals surface area contributed by atoms with Crippen molar-refractivity contribution >= 4 is 6.03 Å². The Morgan fingerprint density at radius 3 is 2.80 bits per heavy atom. The van der Waals surface area contributed by atoms with E-state index < -0.39 is 5.60 Å². The van der Waals surface area contributed by atoms with Crippen molar-refractivity contribution in [3.8, 4) is 0 Å². The van der Waals surface area contributed by atoms with E-state index in [1.54, 1.807) is 6.92 Å². The third-order valence-electron chi connectivity index (χ3n) is 4.31. The van der Waals surface area contributed by atoms with Crippen molar-refractivity contribution in [3.63, 3.8) is 0 Å². The second-order valence-electron chi connectivity index (χ2n) is 6.05. The molecule has 5 nitrogen and oxygen atoms in total. The molecule has 0 radical (unpaired) electrons. The number of aliphatic hydroxyl groups is 1. The Morgan fingerprint density at radius 2 is 2.20 bits per heavy atom. The summed E-state index contributed by atoms with van der Waals surface area (Å²) in [5.74, 6) is 0.151. The molecule has 0 aromatic rings. The molecule has 1 fully saturated rings. The Balaban J connectivity index is 2.13. The Bertz CT molecular complexity index is 289. The van der Waals surface area contributed by atoms with Crippen LogP contribution < -0.4 is 10.6 Å². The summed E-state index contributed by atoms with van der Waals surface area (Å²) in [5.41, 5.74) is -0.863. The van der Waals surface area contributed by atoms with E-state index in [2.05, 4.69) is 10.6 Å². The van der Waals surface area contributed by atoms with Gasteiger partial charge in [0.2, 0.25) is 0 Å². The lowest BCUT2D eigenvalue weighted by Gasteiger charge is -2.29. The zero-order valence-electron chi connectivity index (χ0n) is 13.1. The monoisotopic (exact) mass is 286 g/mol. The van der Waals surface area contributed by atoms with Gasteiger partial charge in [-0.25, -0.2) is 4.79 Å². The summed E-state index contributed by atoms with van der Waals surface area (Å²) in [7, 11) is 0. The average Bonchev–Trinajstić information content (AvgIpc) is 2.45. The SMILES string of the molecule is CCC(C)C(C)(O)CNC(=O)NCCC1CCCCO1. The van der Waals surface area contributed by atoms with E-state index >= 15 is 0 Å². The van der Waals surface area contributed by atoms with E-state index in [9.17, 15) is 9.90 Å². The van der Waals surface area contributed by atoms with Crippen LogP contribution in [0.3, 0.4) is 0 Å². The predicted molar refractivity (Wildman–Crippen MR) is 79.7 cm³/mol. The Hall–Kier alpha value is -0.810. The molecule has 1 aliphatic rings. The lowest BCUT2D eigenvalue weighted by molar-refractivity contribution is 0.00713. The molecule has 20 heavy (non-hydrogen) atoms. The van der Waals surface area contributed by atoms with Gasteiger partial charge in [-0.15, -0.1) is 0 Å². The summed E-state index contributed by atoms with van der Waals surface area (Å²) in [6, 6.07) is -0.218. The Morgan fingerprint density at radius 1 is 1.45 bits per heavy atom. The number of nitrogens with one attached hydrogen (secondary N) is 2. The van der Waals surface area contributed by atoms with Crippen LogP contribution >= 0.6 is 0 Å². The third-order valence-corrected chi connectivity index (χ3v) is 4.31. The first-order valence-electron chi connectivity index (χ1n) is 7.81. The van der Waals surface area contributed by atoms with Crippen LogP contribution in [0.15, 0.2) is 0 Å². The van der Waals surface area contributed by atoms with Crippen LogP contribution in [0.5, 0.6) is 0 Å². The smallest absolute Gasteiger partial charge is 0.314 e. The third kappa shape index (κ3) is 6.09. The van der Waals surface area contributed by atoms with Gasteiger partial charge < -0.3 is 20.5 Å². The van der Waals surface area contributed by atoms with Gasteiger partial charge >= 0.3 is 6.03 Å². The van der Waals surface area contributed by atoms with Crippen LogP contribution in [0.25, 0.3) is 0 Å². The fourth-order valence-corrected chi connectivity index (χ4v) is 2.32. The first-order chi connectivity index (χ1) is 9.45. The van der Waals surface area contributed by atoms with E-state index in [4.69, 9.17) is 4.74 Å². The van der Waals surface area contributed by atoms with Crippen LogP contribution in [0, 0.1) is 5.92 Å². The summed E-state index contributed by atoms with van der Waals surface area (Å²) >= 11 is 0. The van der Waals surface area contributed by atoms with Crippen molar-refractivity contribution in [1.29, 1.82) is 0 Å². The molecule has 1 rings (SSSR count). The minimum atomic E-state index is -0.863. The fraction of sp³-hybridized carbons (Fsp3) is 0.933. The second-order valence-corrected chi connectivity index (χ2v) is 6.05. The highest BCUT2D eigenvalue weighted by Gasteiger charge is 2.27. The molecule has 1 heterocycles. The topological polar surface area (TPSA) is 70.6 Å². The van der Waals surface area contributed by atoms with Crippen LogP contribution in [0.2, 0.25) is 0 Å². The van der Waals surface area contributed by atoms with E-state index in [-0.39, 0.29) is 24.6 Å². The van der Waals surface area contributed by atoms with Crippen molar-refractivity contribution in [1.82, 2.24) is 10.6 Å². The number of rotatable bonds is 7. The van der Waals surface area contributed by atoms with Crippen LogP contribution in [0.4, 0.5) is 4.79 Å². The van der Waals surface area contributed by atoms with Crippen molar-refractivity contribution in [2.24, 2.45) is 5.92 Å². The van der Waals surface area contributed by atoms with Crippen molar-refractivity contribution in [2.75, 3.05) is 19.7 Å². The minimum absolute atomic E-state index is 0.151. The maximum Gasteiger partial charge on any atom is 0.314 e. The molecule has 1 saturated heterocycles. The van der Waals surface area contributed by atoms with Gasteiger partial charge in [-0.3, -0.25) is 0 Å². The van der Waals surface area contributed by atoms with E-state index in [0.717, 1.165) is 32.3 Å². The van der Waals surface area contributed by atoms with E-state index in [0.29, 0.717) is 6.54 Å². The molecule has 5 heteroatoms. The van der Waals surface area contributed by atoms with Gasteiger partial charge in [0.25, 0.3) is 0 Å². The molecule has 0 spiro atoms. The van der Waals surface area contributed by atoms with E-state index in [1.807, 2.05) is 13.8 Å². The second kappa shape index (κ2) is 8.47. The molecule has 3 N–H and O–H groups in total. The van der Waals surface area contributed by atoms with Crippen LogP contribution in [0.1, 0.15) is 52.9 Å². The number of carbonyl (C=O) groups excluding carboxylic acids is 1. The van der Waals surface area contributed by atoms with E-state index in [1.165, 1.54) is 6.42 Å². The maximum absolute atomic E-state index is 11.7. The highest BCUT2D eigenvalue weighted by molar-refractivity contribution is 5.73. The summed E-state index contributed by atoms with van der Waals surface area (Å²) < 4.78 is 5.61. The Kier molecular flexibility index (Phi) is 7.30. The average molecular weight is 286 g/mol. The van der Waals surface area contributed by atoms with Gasteiger partial charge in [-0.1, -0.05) is 20.3 Å². The maximum atomic E-state index is 11.7. The number of hydrogen-bond donors (Lipinski definition) is 3. The molecule has 0 bridgehead atoms. The molecule has 0 aromatic carbocycles. The van der Waals surface area contributed by atoms with Crippen molar-refractivity contribution in [3.05, 3.63) is 0 Å². The molecule has 2 amide bonds. The summed E-state index contributed by atoms with van der Waals surface area (Å²) in [5, 5.41) is 15.8. The molecule has 0 aliphatic carbocycles. The van der Waals surface area contributed by atoms with Gasteiger partial charge in [0.05, 0.1) is 11.7 Å². The summed E-state index contributed by atoms with van der Waals surface area (Å²) in [6.45, 7) is 7.51. The van der Waals surface area contributed by atoms with Gasteiger partial charge in [0, 0.05) is 19.7 Å². The van der Waals surface area contributed by atoms with Crippen molar-refractivity contribution < 1.29 is 14.6 Å². The molecule has 0 aromatic heterocycles. The first kappa shape index (κ1) is 17.2. The molecule has 3 unspecified atom stereocenters. The first-order valence-corrected chi connectivity index (χ1v) is 7.81. The molecule has 1 aliphatic heterocycles. The largest absolute Gasteiger partial charge is 0.388 e. The van der Waals surface area contributed by atoms with Crippen LogP contribution in [-0.2, 0) is 4.74 Å². The standard InChI is InChI=1S/C15H30N2O3/c1-4-12(2)15(3,19)11-17-14(18)16-9-8-13-7-5-6-10-20-13/h12-13,19H,4-11H2,1-3H3,(H2,16,17,18). The number of urea groups is 1. The minimum Gasteiger partial charge on any atom is -0.388 e. The fourth-order valence-electron chi connectivity index (χ4n) is 2.32. The number of hydrogen-bond acceptors (Lipinski definition) is 3. The summed E-state index contributed by atoms with van der Waals surface area (Å²) in [4.78, 5) is 11.7.